The molecule has 52 valence electrons. The molecule has 0 spiro atoms. The third-order valence-electron chi connectivity index (χ3n) is 1.10. The number of oxime groups is 1. The molecule has 0 saturated carbocycles. The van der Waals surface area contributed by atoms with Crippen molar-refractivity contribution in [3.63, 3.8) is 0 Å². The van der Waals surface area contributed by atoms with E-state index in [1.165, 1.54) is 0 Å². The molecular formula is C7H13NO. The normalized spacial score (nSPS) is 11.6. The van der Waals surface area contributed by atoms with Gasteiger partial charge in [-0.1, -0.05) is 25.1 Å². The first-order valence-corrected chi connectivity index (χ1v) is 3.09. The Hall–Kier alpha value is -0.790. The van der Waals surface area contributed by atoms with Crippen molar-refractivity contribution in [2.75, 3.05) is 0 Å². The Morgan fingerprint density at radius 3 is 2.33 bits per heavy atom. The number of hydrogen-bond donors (Lipinski definition) is 1. The predicted octanol–water partition coefficient (Wildman–Crippen LogP) is 2.19. The summed E-state index contributed by atoms with van der Waals surface area (Å²) < 4.78 is 0. The maximum absolute atomic E-state index is 8.35. The van der Waals surface area contributed by atoms with Crippen molar-refractivity contribution < 1.29 is 5.21 Å². The van der Waals surface area contributed by atoms with Gasteiger partial charge in [-0.15, -0.1) is 0 Å². The minimum Gasteiger partial charge on any atom is -0.411 e. The summed E-state index contributed by atoms with van der Waals surface area (Å²) in [6, 6.07) is 0. The Morgan fingerprint density at radius 2 is 2.22 bits per heavy atom. The van der Waals surface area contributed by atoms with E-state index in [1.807, 2.05) is 13.8 Å². The second-order valence-corrected chi connectivity index (χ2v) is 2.08. The second-order valence-electron chi connectivity index (χ2n) is 2.08. The number of allylic oxidation sites excluding steroid dienone is 1. The van der Waals surface area contributed by atoms with Gasteiger partial charge in [0, 0.05) is 0 Å². The van der Waals surface area contributed by atoms with E-state index in [1.54, 1.807) is 0 Å². The lowest BCUT2D eigenvalue weighted by atomic mass is 10.1. The van der Waals surface area contributed by atoms with Crippen LogP contribution >= 0.6 is 0 Å². The van der Waals surface area contributed by atoms with Crippen LogP contribution in [0.15, 0.2) is 17.3 Å². The largest absolute Gasteiger partial charge is 0.411 e. The summed E-state index contributed by atoms with van der Waals surface area (Å²) in [6.07, 6.45) is 1.80. The number of rotatable bonds is 3. The van der Waals surface area contributed by atoms with Gasteiger partial charge in [0.2, 0.25) is 0 Å². The van der Waals surface area contributed by atoms with E-state index in [4.69, 9.17) is 5.21 Å². The van der Waals surface area contributed by atoms with Gasteiger partial charge in [-0.05, 0) is 18.9 Å². The van der Waals surface area contributed by atoms with Crippen LogP contribution < -0.4 is 0 Å². The molecule has 0 aliphatic rings. The summed E-state index contributed by atoms with van der Waals surface area (Å²) in [4.78, 5) is 0. The predicted molar refractivity (Wildman–Crippen MR) is 38.9 cm³/mol. The molecule has 0 rings (SSSR count). The third-order valence-corrected chi connectivity index (χ3v) is 1.10. The first-order valence-electron chi connectivity index (χ1n) is 3.09. The highest BCUT2D eigenvalue weighted by molar-refractivity contribution is 5.98. The van der Waals surface area contributed by atoms with Crippen molar-refractivity contribution in [3.8, 4) is 0 Å². The van der Waals surface area contributed by atoms with Gasteiger partial charge in [0.25, 0.3) is 0 Å². The molecule has 0 heterocycles. The molecule has 0 fully saturated rings. The molecule has 0 saturated heterocycles. The van der Waals surface area contributed by atoms with Crippen molar-refractivity contribution >= 4 is 5.71 Å². The quantitative estimate of drug-likeness (QED) is 0.352. The standard InChI is InChI=1S/C7H13NO/c1-4-5-7(8-9)6(2)3/h9H,2,4-5H2,1,3H3. The minimum absolute atomic E-state index is 0.706. The van der Waals surface area contributed by atoms with Gasteiger partial charge in [-0.3, -0.25) is 0 Å². The number of hydrogen-bond acceptors (Lipinski definition) is 2. The molecule has 1 N–H and O–H groups in total. The van der Waals surface area contributed by atoms with E-state index in [2.05, 4.69) is 11.7 Å². The molecule has 2 heteroatoms. The summed E-state index contributed by atoms with van der Waals surface area (Å²) >= 11 is 0. The molecular weight excluding hydrogens is 114 g/mol. The Morgan fingerprint density at radius 1 is 1.67 bits per heavy atom. The maximum Gasteiger partial charge on any atom is 0.0818 e. The van der Waals surface area contributed by atoms with Crippen molar-refractivity contribution in [3.05, 3.63) is 12.2 Å². The van der Waals surface area contributed by atoms with E-state index in [9.17, 15) is 0 Å². The van der Waals surface area contributed by atoms with Gasteiger partial charge < -0.3 is 5.21 Å². The fourth-order valence-corrected chi connectivity index (χ4v) is 0.586. The van der Waals surface area contributed by atoms with Gasteiger partial charge in [-0.25, -0.2) is 0 Å². The van der Waals surface area contributed by atoms with Crippen LogP contribution in [0.2, 0.25) is 0 Å². The lowest BCUT2D eigenvalue weighted by Gasteiger charge is -1.98. The van der Waals surface area contributed by atoms with E-state index >= 15 is 0 Å². The van der Waals surface area contributed by atoms with Crippen LogP contribution in [0, 0.1) is 0 Å². The zero-order valence-corrected chi connectivity index (χ0v) is 6.02. The van der Waals surface area contributed by atoms with E-state index in [-0.39, 0.29) is 0 Å². The highest BCUT2D eigenvalue weighted by Gasteiger charge is 1.96. The second kappa shape index (κ2) is 4.13. The first-order chi connectivity index (χ1) is 4.22. The monoisotopic (exact) mass is 127 g/mol. The van der Waals surface area contributed by atoms with Crippen molar-refractivity contribution in [1.82, 2.24) is 0 Å². The summed E-state index contributed by atoms with van der Waals surface area (Å²) in [6.45, 7) is 7.53. The molecule has 0 atom stereocenters. The molecule has 0 aliphatic carbocycles. The minimum atomic E-state index is 0.706. The molecule has 9 heavy (non-hydrogen) atoms. The molecule has 0 aromatic heterocycles. The van der Waals surface area contributed by atoms with Crippen LogP contribution in [-0.2, 0) is 0 Å². The lowest BCUT2D eigenvalue weighted by molar-refractivity contribution is 0.318. The van der Waals surface area contributed by atoms with Crippen LogP contribution in [0.3, 0.4) is 0 Å². The van der Waals surface area contributed by atoms with Crippen LogP contribution in [0.1, 0.15) is 26.7 Å². The Kier molecular flexibility index (Phi) is 3.76. The summed E-state index contributed by atoms with van der Waals surface area (Å²) in [5.41, 5.74) is 1.55. The average molecular weight is 127 g/mol. The summed E-state index contributed by atoms with van der Waals surface area (Å²) in [5, 5.41) is 11.4. The van der Waals surface area contributed by atoms with Crippen LogP contribution in [0.4, 0.5) is 0 Å². The topological polar surface area (TPSA) is 32.6 Å². The van der Waals surface area contributed by atoms with Gasteiger partial charge >= 0.3 is 0 Å². The lowest BCUT2D eigenvalue weighted by Crippen LogP contribution is -1.97. The maximum atomic E-state index is 8.35. The molecule has 0 aliphatic heterocycles. The van der Waals surface area contributed by atoms with Crippen molar-refractivity contribution in [2.24, 2.45) is 5.16 Å². The van der Waals surface area contributed by atoms with Gasteiger partial charge in [0.15, 0.2) is 0 Å². The zero-order valence-electron chi connectivity index (χ0n) is 6.02. The highest BCUT2D eigenvalue weighted by atomic mass is 16.4. The summed E-state index contributed by atoms with van der Waals surface area (Å²) in [7, 11) is 0. The Bertz CT molecular complexity index is 127. The summed E-state index contributed by atoms with van der Waals surface area (Å²) in [5.74, 6) is 0. The van der Waals surface area contributed by atoms with Crippen LogP contribution in [0.5, 0.6) is 0 Å². The molecule has 2 nitrogen and oxygen atoms in total. The van der Waals surface area contributed by atoms with E-state index in [0.29, 0.717) is 5.71 Å². The molecule has 0 aromatic carbocycles. The van der Waals surface area contributed by atoms with Gasteiger partial charge in [-0.2, -0.15) is 0 Å². The molecule has 0 unspecified atom stereocenters. The Labute approximate surface area is 55.9 Å². The first kappa shape index (κ1) is 8.21. The molecule has 0 aromatic rings. The van der Waals surface area contributed by atoms with E-state index < -0.39 is 0 Å². The number of nitrogens with zero attached hydrogens (tertiary/aromatic N) is 1. The van der Waals surface area contributed by atoms with Gasteiger partial charge in [0.05, 0.1) is 5.71 Å². The van der Waals surface area contributed by atoms with Crippen LogP contribution in [-0.4, -0.2) is 10.9 Å². The highest BCUT2D eigenvalue weighted by Crippen LogP contribution is 2.00. The van der Waals surface area contributed by atoms with Crippen molar-refractivity contribution in [2.45, 2.75) is 26.7 Å². The van der Waals surface area contributed by atoms with Crippen molar-refractivity contribution in [1.29, 1.82) is 0 Å². The fraction of sp³-hybridized carbons (Fsp3) is 0.571. The average Bonchev–Trinajstić information content (AvgIpc) is 1.82. The zero-order chi connectivity index (χ0) is 7.28. The van der Waals surface area contributed by atoms with Gasteiger partial charge in [0.1, 0.15) is 0 Å². The molecule has 0 radical (unpaired) electrons. The SMILES string of the molecule is C=C(C)C(CCC)=NO. The Balaban J connectivity index is 3.85. The third kappa shape index (κ3) is 2.90. The van der Waals surface area contributed by atoms with Crippen LogP contribution in [0.25, 0.3) is 0 Å². The fourth-order valence-electron chi connectivity index (χ4n) is 0.586. The van der Waals surface area contributed by atoms with E-state index in [0.717, 1.165) is 18.4 Å². The molecule has 0 bridgehead atoms. The smallest absolute Gasteiger partial charge is 0.0818 e. The molecule has 0 amide bonds.